The van der Waals surface area contributed by atoms with E-state index in [1.165, 1.54) is 5.57 Å². The number of aliphatic hydroxyl groups is 1. The highest BCUT2D eigenvalue weighted by Crippen LogP contribution is 2.56. The number of piperidine rings is 1. The average molecular weight is 439 g/mol. The van der Waals surface area contributed by atoms with Crippen molar-refractivity contribution in [3.8, 4) is 0 Å². The Kier molecular flexibility index (Phi) is 4.71. The zero-order valence-corrected chi connectivity index (χ0v) is 19.1. The topological polar surface area (TPSA) is 71.8 Å². The molecule has 6 nitrogen and oxygen atoms in total. The zero-order valence-electron chi connectivity index (χ0n) is 19.1. The summed E-state index contributed by atoms with van der Waals surface area (Å²) >= 11 is 0. The number of rotatable bonds is 2. The lowest BCUT2D eigenvalue weighted by Crippen LogP contribution is -2.55. The Morgan fingerprint density at radius 3 is 2.91 bits per heavy atom. The van der Waals surface area contributed by atoms with Crippen molar-refractivity contribution in [2.24, 2.45) is 29.1 Å². The number of hydrogen-bond donors (Lipinski definition) is 1. The van der Waals surface area contributed by atoms with Crippen LogP contribution in [0.3, 0.4) is 0 Å². The monoisotopic (exact) mass is 438 g/mol. The van der Waals surface area contributed by atoms with Crippen molar-refractivity contribution >= 4 is 5.97 Å². The number of esters is 1. The van der Waals surface area contributed by atoms with Crippen molar-refractivity contribution in [3.63, 3.8) is 0 Å². The van der Waals surface area contributed by atoms with Gasteiger partial charge in [0.05, 0.1) is 12.0 Å². The number of nitrogens with zero attached hydrogens (tertiary/aromatic N) is 2. The molecule has 32 heavy (non-hydrogen) atoms. The van der Waals surface area contributed by atoms with Crippen LogP contribution in [0.4, 0.5) is 0 Å². The maximum absolute atomic E-state index is 13.0. The SMILES string of the molecule is CC1CCC=C2CC3OC(=O)C(CN4CC5CC(C4)c4cccc(=O)n4C5)C3C(O)C21C. The third-order valence-electron chi connectivity index (χ3n) is 9.58. The predicted octanol–water partition coefficient (Wildman–Crippen LogP) is 2.55. The van der Waals surface area contributed by atoms with Crippen molar-refractivity contribution in [1.29, 1.82) is 0 Å². The molecule has 6 heteroatoms. The van der Waals surface area contributed by atoms with E-state index in [0.29, 0.717) is 24.3 Å². The lowest BCUT2D eigenvalue weighted by atomic mass is 9.55. The second-order valence-corrected chi connectivity index (χ2v) is 11.2. The van der Waals surface area contributed by atoms with Gasteiger partial charge in [-0.1, -0.05) is 31.6 Å². The van der Waals surface area contributed by atoms with Crippen LogP contribution < -0.4 is 5.56 Å². The Labute approximate surface area is 189 Å². The standard InChI is InChI=1S/C26H34N2O4/c1-15-5-3-6-18-10-21-23(24(30)26(15,18)2)19(25(31)32-21)14-27-11-16-9-17(13-27)20-7-4-8-22(29)28(20)12-16/h4,6-8,15-17,19,21,23-24,30H,3,5,9-14H2,1-2H3. The molecule has 1 N–H and O–H groups in total. The number of hydrogen-bond acceptors (Lipinski definition) is 5. The first kappa shape index (κ1) is 20.7. The van der Waals surface area contributed by atoms with E-state index >= 15 is 0 Å². The van der Waals surface area contributed by atoms with E-state index < -0.39 is 6.10 Å². The molecule has 0 spiro atoms. The molecule has 2 bridgehead atoms. The minimum atomic E-state index is -0.553. The summed E-state index contributed by atoms with van der Waals surface area (Å²) < 4.78 is 7.82. The van der Waals surface area contributed by atoms with Gasteiger partial charge < -0.3 is 19.3 Å². The first-order valence-electron chi connectivity index (χ1n) is 12.4. The fraction of sp³-hybridized carbons (Fsp3) is 0.692. The number of likely N-dealkylation sites (tertiary alicyclic amines) is 1. The Balaban J connectivity index is 1.25. The van der Waals surface area contributed by atoms with Gasteiger partial charge in [0.15, 0.2) is 0 Å². The van der Waals surface area contributed by atoms with Crippen LogP contribution in [0.1, 0.15) is 51.1 Å². The van der Waals surface area contributed by atoms with Crippen molar-refractivity contribution < 1.29 is 14.6 Å². The van der Waals surface area contributed by atoms with Crippen molar-refractivity contribution in [2.45, 2.75) is 64.2 Å². The normalized spacial score (nSPS) is 43.0. The summed E-state index contributed by atoms with van der Waals surface area (Å²) in [5, 5.41) is 11.6. The minimum Gasteiger partial charge on any atom is -0.461 e. The minimum absolute atomic E-state index is 0.0943. The van der Waals surface area contributed by atoms with Gasteiger partial charge in [-0.3, -0.25) is 9.59 Å². The van der Waals surface area contributed by atoms with Crippen LogP contribution >= 0.6 is 0 Å². The number of aliphatic hydroxyl groups excluding tert-OH is 1. The molecular weight excluding hydrogens is 404 g/mol. The van der Waals surface area contributed by atoms with Gasteiger partial charge in [0, 0.05) is 61.6 Å². The van der Waals surface area contributed by atoms with E-state index in [2.05, 4.69) is 30.9 Å². The van der Waals surface area contributed by atoms with Gasteiger partial charge in [-0.05, 0) is 37.2 Å². The number of carbonyl (C=O) groups excluding carboxylic acids is 1. The Hall–Kier alpha value is -1.92. The van der Waals surface area contributed by atoms with Gasteiger partial charge in [-0.25, -0.2) is 0 Å². The molecule has 2 aliphatic carbocycles. The molecule has 6 rings (SSSR count). The van der Waals surface area contributed by atoms with Gasteiger partial charge in [-0.15, -0.1) is 0 Å². The van der Waals surface area contributed by atoms with Crippen LogP contribution in [0.5, 0.6) is 0 Å². The van der Waals surface area contributed by atoms with Gasteiger partial charge >= 0.3 is 5.97 Å². The summed E-state index contributed by atoms with van der Waals surface area (Å²) in [6.07, 6.45) is 5.54. The van der Waals surface area contributed by atoms with E-state index in [0.717, 1.165) is 51.0 Å². The van der Waals surface area contributed by atoms with Gasteiger partial charge in [-0.2, -0.15) is 0 Å². The Morgan fingerprint density at radius 1 is 1.22 bits per heavy atom. The molecular formula is C26H34N2O4. The average Bonchev–Trinajstić information content (AvgIpc) is 3.06. The molecule has 1 aromatic heterocycles. The maximum atomic E-state index is 13.0. The number of aromatic nitrogens is 1. The second-order valence-electron chi connectivity index (χ2n) is 11.2. The van der Waals surface area contributed by atoms with Crippen LogP contribution in [-0.4, -0.2) is 52.4 Å². The fourth-order valence-corrected chi connectivity index (χ4v) is 7.70. The van der Waals surface area contributed by atoms with Crippen LogP contribution in [-0.2, 0) is 16.1 Å². The molecule has 1 aromatic rings. The van der Waals surface area contributed by atoms with Gasteiger partial charge in [0.2, 0.25) is 0 Å². The first-order valence-corrected chi connectivity index (χ1v) is 12.4. The molecule has 0 aromatic carbocycles. The molecule has 5 aliphatic rings. The van der Waals surface area contributed by atoms with Crippen molar-refractivity contribution in [1.82, 2.24) is 9.47 Å². The van der Waals surface area contributed by atoms with E-state index in [-0.39, 0.29) is 34.9 Å². The van der Waals surface area contributed by atoms with Crippen molar-refractivity contribution in [2.75, 3.05) is 19.6 Å². The molecule has 2 saturated heterocycles. The number of pyridine rings is 1. The predicted molar refractivity (Wildman–Crippen MR) is 120 cm³/mol. The van der Waals surface area contributed by atoms with Crippen LogP contribution in [0.25, 0.3) is 0 Å². The Bertz CT molecular complexity index is 1030. The van der Waals surface area contributed by atoms with Crippen molar-refractivity contribution in [3.05, 3.63) is 45.9 Å². The highest BCUT2D eigenvalue weighted by atomic mass is 16.6. The molecule has 172 valence electrons. The number of ether oxygens (including phenoxy) is 1. The quantitative estimate of drug-likeness (QED) is 0.568. The molecule has 8 atom stereocenters. The lowest BCUT2D eigenvalue weighted by molar-refractivity contribution is -0.145. The summed E-state index contributed by atoms with van der Waals surface area (Å²) in [5.74, 6) is 0.601. The fourth-order valence-electron chi connectivity index (χ4n) is 7.70. The van der Waals surface area contributed by atoms with Gasteiger partial charge in [0.1, 0.15) is 6.10 Å². The number of carbonyl (C=O) groups is 1. The molecule has 0 radical (unpaired) electrons. The van der Waals surface area contributed by atoms with Crippen LogP contribution in [0, 0.1) is 29.1 Å². The largest absolute Gasteiger partial charge is 0.461 e. The highest BCUT2D eigenvalue weighted by Gasteiger charge is 2.60. The number of allylic oxidation sites excluding steroid dienone is 1. The first-order chi connectivity index (χ1) is 15.4. The molecule has 4 heterocycles. The van der Waals surface area contributed by atoms with Crippen LogP contribution in [0.15, 0.2) is 34.6 Å². The summed E-state index contributed by atoms with van der Waals surface area (Å²) in [4.78, 5) is 27.7. The smallest absolute Gasteiger partial charge is 0.311 e. The van der Waals surface area contributed by atoms with E-state index in [4.69, 9.17) is 4.74 Å². The molecule has 3 fully saturated rings. The third-order valence-corrected chi connectivity index (χ3v) is 9.58. The lowest BCUT2D eigenvalue weighted by Gasteiger charge is -2.52. The summed E-state index contributed by atoms with van der Waals surface area (Å²) in [6.45, 7) is 7.60. The van der Waals surface area contributed by atoms with Crippen LogP contribution in [0.2, 0.25) is 0 Å². The highest BCUT2D eigenvalue weighted by molar-refractivity contribution is 5.76. The van der Waals surface area contributed by atoms with E-state index in [1.807, 2.05) is 10.6 Å². The summed E-state index contributed by atoms with van der Waals surface area (Å²) in [6, 6.07) is 5.59. The zero-order chi connectivity index (χ0) is 22.2. The molecule has 1 saturated carbocycles. The molecule has 8 unspecified atom stereocenters. The van der Waals surface area contributed by atoms with E-state index in [1.54, 1.807) is 6.07 Å². The summed E-state index contributed by atoms with van der Waals surface area (Å²) in [7, 11) is 0. The third kappa shape index (κ3) is 2.91. The summed E-state index contributed by atoms with van der Waals surface area (Å²) in [5.41, 5.74) is 2.25. The molecule has 3 aliphatic heterocycles. The maximum Gasteiger partial charge on any atom is 0.311 e. The second kappa shape index (κ2) is 7.29. The van der Waals surface area contributed by atoms with E-state index in [9.17, 15) is 14.7 Å². The number of fused-ring (bicyclic) bond motifs is 6. The van der Waals surface area contributed by atoms with Gasteiger partial charge in [0.25, 0.3) is 5.56 Å². The Morgan fingerprint density at radius 2 is 2.06 bits per heavy atom. The molecule has 0 amide bonds.